The minimum absolute atomic E-state index is 0.254. The highest BCUT2D eigenvalue weighted by atomic mass is 127. The smallest absolute Gasteiger partial charge is 0.213 e. The van der Waals surface area contributed by atoms with Gasteiger partial charge in [0.1, 0.15) is 13.1 Å². The molecule has 2 fully saturated rings. The summed E-state index contributed by atoms with van der Waals surface area (Å²) in [7, 11) is 0. The van der Waals surface area contributed by atoms with Crippen LogP contribution in [-0.2, 0) is 0 Å². The summed E-state index contributed by atoms with van der Waals surface area (Å²) in [5.74, 6) is 0. The summed E-state index contributed by atoms with van der Waals surface area (Å²) in [6.45, 7) is 10.0. The van der Waals surface area contributed by atoms with Crippen molar-refractivity contribution >= 4 is 78.4 Å². The van der Waals surface area contributed by atoms with Crippen molar-refractivity contribution in [2.24, 2.45) is 0 Å². The Labute approximate surface area is 251 Å². The number of anilines is 2. The molecule has 9 heteroatoms. The molecule has 2 aromatic heterocycles. The first kappa shape index (κ1) is 26.4. The van der Waals surface area contributed by atoms with E-state index in [2.05, 4.69) is 120 Å². The van der Waals surface area contributed by atoms with Gasteiger partial charge >= 0.3 is 0 Å². The van der Waals surface area contributed by atoms with Gasteiger partial charge < -0.3 is 24.7 Å². The number of rotatable bonds is 6. The van der Waals surface area contributed by atoms with Crippen molar-refractivity contribution in [1.82, 2.24) is 4.98 Å². The molecule has 4 heterocycles. The van der Waals surface area contributed by atoms with Crippen LogP contribution in [0, 0.1) is 7.14 Å². The number of aliphatic hydroxyl groups excluding tert-OH is 1. The number of nitrogens with zero attached hydrogens (tertiary/aromatic N) is 3. The molecule has 38 heavy (non-hydrogen) atoms. The van der Waals surface area contributed by atoms with E-state index < -0.39 is 0 Å². The van der Waals surface area contributed by atoms with Crippen molar-refractivity contribution in [2.45, 2.75) is 6.10 Å². The molecule has 7 nitrogen and oxygen atoms in total. The van der Waals surface area contributed by atoms with Gasteiger partial charge in [0.25, 0.3) is 0 Å². The molecule has 0 radical (unpaired) electrons. The molecule has 2 aromatic carbocycles. The molecule has 1 unspecified atom stereocenters. The second-order valence-electron chi connectivity index (χ2n) is 10.6. The van der Waals surface area contributed by atoms with Gasteiger partial charge in [-0.3, -0.25) is 4.98 Å². The van der Waals surface area contributed by atoms with Crippen molar-refractivity contribution in [2.75, 3.05) is 75.2 Å². The van der Waals surface area contributed by atoms with Crippen LogP contribution in [-0.4, -0.2) is 81.6 Å². The van der Waals surface area contributed by atoms with Crippen LogP contribution in [0.5, 0.6) is 0 Å². The van der Waals surface area contributed by atoms with Gasteiger partial charge in [-0.1, -0.05) is 0 Å². The van der Waals surface area contributed by atoms with Gasteiger partial charge in [0.15, 0.2) is 12.3 Å². The molecule has 1 atom stereocenters. The summed E-state index contributed by atoms with van der Waals surface area (Å²) in [5.41, 5.74) is 4.85. The van der Waals surface area contributed by atoms with E-state index in [1.807, 2.05) is 6.20 Å². The first-order chi connectivity index (χ1) is 18.5. The number of piperazine rings is 2. The third kappa shape index (κ3) is 5.86. The molecule has 2 aliphatic rings. The lowest BCUT2D eigenvalue weighted by molar-refractivity contribution is -0.925. The van der Waals surface area contributed by atoms with E-state index in [1.165, 1.54) is 44.6 Å². The maximum absolute atomic E-state index is 11.0. The van der Waals surface area contributed by atoms with Crippen LogP contribution in [0.1, 0.15) is 0 Å². The van der Waals surface area contributed by atoms with Crippen LogP contribution in [0.3, 0.4) is 0 Å². The Morgan fingerprint density at radius 1 is 0.789 bits per heavy atom. The Hall–Kier alpha value is -1.80. The second kappa shape index (κ2) is 11.7. The zero-order valence-electron chi connectivity index (χ0n) is 21.5. The number of quaternary nitrogens is 2. The van der Waals surface area contributed by atoms with E-state index in [0.717, 1.165) is 71.0 Å². The molecule has 4 N–H and O–H groups in total. The lowest BCUT2D eigenvalue weighted by Crippen LogP contribution is -3.19. The maximum atomic E-state index is 11.0. The molecule has 6 rings (SSSR count). The minimum Gasteiger partial charge on any atom is -0.382 e. The van der Waals surface area contributed by atoms with Crippen LogP contribution in [0.2, 0.25) is 0 Å². The third-order valence-corrected chi connectivity index (χ3v) is 9.43. The predicted molar refractivity (Wildman–Crippen MR) is 169 cm³/mol. The summed E-state index contributed by atoms with van der Waals surface area (Å²) in [5, 5.41) is 13.5. The number of hydrogen-bond acceptors (Lipinski definition) is 4. The normalized spacial score (nSPS) is 18.4. The molecule has 198 valence electrons. The first-order valence-corrected chi connectivity index (χ1v) is 15.7. The standard InChI is InChI=1S/C29H32I2N6O/c30-21-1-3-24-26(17-21)32-7-5-28(24)36-13-9-34(10-14-36)19-23(38)20-35-11-15-37(16-12-35)29-6-8-33-27-18-22(31)2-4-25(27)29/h1-8,17-18,23,38H,9-16,19-20H2/p+3. The zero-order chi connectivity index (χ0) is 26.1. The van der Waals surface area contributed by atoms with Gasteiger partial charge in [-0.25, -0.2) is 4.98 Å². The molecule has 0 spiro atoms. The lowest BCUT2D eigenvalue weighted by atomic mass is 10.1. The van der Waals surface area contributed by atoms with E-state index in [-0.39, 0.29) is 6.10 Å². The lowest BCUT2D eigenvalue weighted by Gasteiger charge is -2.36. The van der Waals surface area contributed by atoms with Crippen LogP contribution in [0.15, 0.2) is 60.9 Å². The minimum atomic E-state index is -0.254. The van der Waals surface area contributed by atoms with Crippen molar-refractivity contribution < 1.29 is 19.9 Å². The van der Waals surface area contributed by atoms with Gasteiger partial charge in [-0.05, 0) is 81.6 Å². The van der Waals surface area contributed by atoms with Crippen molar-refractivity contribution in [3.8, 4) is 0 Å². The Kier molecular flexibility index (Phi) is 8.17. The molecule has 0 amide bonds. The number of pyridine rings is 2. The highest BCUT2D eigenvalue weighted by Gasteiger charge is 2.28. The van der Waals surface area contributed by atoms with Crippen LogP contribution >= 0.6 is 45.2 Å². The number of H-pyrrole nitrogens is 1. The predicted octanol–water partition coefficient (Wildman–Crippen LogP) is 0.882. The summed E-state index contributed by atoms with van der Waals surface area (Å²) >= 11 is 4.72. The highest BCUT2D eigenvalue weighted by molar-refractivity contribution is 14.1. The van der Waals surface area contributed by atoms with E-state index in [1.54, 1.807) is 0 Å². The average Bonchev–Trinajstić information content (AvgIpc) is 2.93. The SMILES string of the molecule is OC(C[NH+]1CCN(c2ccnc3cc(I)ccc23)CC1)C[NH+]1CCN(c2cc[nH+]c3cc(I)ccc23)CC1. The molecule has 0 saturated carbocycles. The van der Waals surface area contributed by atoms with Gasteiger partial charge in [0.05, 0.1) is 68.9 Å². The van der Waals surface area contributed by atoms with Gasteiger partial charge in [0.2, 0.25) is 5.52 Å². The Balaban J connectivity index is 0.992. The number of hydrogen-bond donors (Lipinski definition) is 3. The topological polar surface area (TPSA) is 62.6 Å². The van der Waals surface area contributed by atoms with Crippen LogP contribution in [0.4, 0.5) is 11.4 Å². The molecule has 2 aliphatic heterocycles. The van der Waals surface area contributed by atoms with Crippen molar-refractivity contribution in [1.29, 1.82) is 0 Å². The molecular formula is C29H35I2N6O+3. The molecule has 2 saturated heterocycles. The van der Waals surface area contributed by atoms with Gasteiger partial charge in [-0.2, -0.15) is 0 Å². The molecule has 0 aliphatic carbocycles. The van der Waals surface area contributed by atoms with Crippen molar-refractivity contribution in [3.05, 3.63) is 68.1 Å². The van der Waals surface area contributed by atoms with E-state index in [4.69, 9.17) is 0 Å². The number of aromatic amines is 1. The Bertz CT molecular complexity index is 1310. The van der Waals surface area contributed by atoms with Gasteiger partial charge in [0, 0.05) is 36.5 Å². The fourth-order valence-corrected chi connectivity index (χ4v) is 7.06. The summed E-state index contributed by atoms with van der Waals surface area (Å²) < 4.78 is 2.46. The first-order valence-electron chi connectivity index (χ1n) is 13.5. The van der Waals surface area contributed by atoms with E-state index in [9.17, 15) is 5.11 Å². The number of nitrogens with one attached hydrogen (secondary N) is 3. The fourth-order valence-electron chi connectivity index (χ4n) is 6.09. The van der Waals surface area contributed by atoms with E-state index >= 15 is 0 Å². The maximum Gasteiger partial charge on any atom is 0.213 e. The highest BCUT2D eigenvalue weighted by Crippen LogP contribution is 2.27. The fraction of sp³-hybridized carbons (Fsp3) is 0.379. The monoisotopic (exact) mass is 737 g/mol. The quantitative estimate of drug-likeness (QED) is 0.258. The summed E-state index contributed by atoms with van der Waals surface area (Å²) in [4.78, 5) is 16.0. The third-order valence-electron chi connectivity index (χ3n) is 8.09. The molecule has 4 aromatic rings. The molecular weight excluding hydrogens is 702 g/mol. The number of aromatic nitrogens is 2. The largest absolute Gasteiger partial charge is 0.382 e. The number of fused-ring (bicyclic) bond motifs is 2. The average molecular weight is 737 g/mol. The van der Waals surface area contributed by atoms with E-state index in [0.29, 0.717) is 0 Å². The van der Waals surface area contributed by atoms with Gasteiger partial charge in [-0.15, -0.1) is 0 Å². The second-order valence-corrected chi connectivity index (χ2v) is 13.1. The summed E-state index contributed by atoms with van der Waals surface area (Å²) in [6.07, 6.45) is 3.73. The number of benzene rings is 2. The van der Waals surface area contributed by atoms with Crippen LogP contribution < -0.4 is 24.6 Å². The number of aliphatic hydroxyl groups is 1. The van der Waals surface area contributed by atoms with Crippen LogP contribution in [0.25, 0.3) is 21.8 Å². The summed E-state index contributed by atoms with van der Waals surface area (Å²) in [6, 6.07) is 17.5. The van der Waals surface area contributed by atoms with Crippen molar-refractivity contribution in [3.63, 3.8) is 0 Å². The Morgan fingerprint density at radius 3 is 2.03 bits per heavy atom. The molecule has 0 bridgehead atoms. The zero-order valence-corrected chi connectivity index (χ0v) is 25.8. The Morgan fingerprint density at radius 2 is 1.37 bits per heavy atom. The number of halogens is 2.